The summed E-state index contributed by atoms with van der Waals surface area (Å²) in [5, 5.41) is 18.3. The zero-order valence-corrected chi connectivity index (χ0v) is 15.7. The van der Waals surface area contributed by atoms with Crippen LogP contribution in [0.2, 0.25) is 0 Å². The molecule has 3 heterocycles. The zero-order chi connectivity index (χ0) is 19.6. The number of aliphatic hydroxyl groups excluding tert-OH is 1. The third-order valence-corrected chi connectivity index (χ3v) is 4.82. The Morgan fingerprint density at radius 2 is 2.00 bits per heavy atom. The van der Waals surface area contributed by atoms with Gasteiger partial charge in [-0.1, -0.05) is 26.0 Å². The molecule has 1 N–H and O–H groups in total. The van der Waals surface area contributed by atoms with Crippen molar-refractivity contribution >= 4 is 11.7 Å². The third kappa shape index (κ3) is 3.87. The van der Waals surface area contributed by atoms with Crippen LogP contribution in [0.15, 0.2) is 24.9 Å². The summed E-state index contributed by atoms with van der Waals surface area (Å²) in [6.07, 6.45) is 6.29. The molecule has 2 aromatic rings. The van der Waals surface area contributed by atoms with E-state index in [-0.39, 0.29) is 30.6 Å². The predicted octanol–water partition coefficient (Wildman–Crippen LogP) is 0.873. The van der Waals surface area contributed by atoms with Gasteiger partial charge in [0.15, 0.2) is 5.78 Å². The van der Waals surface area contributed by atoms with Gasteiger partial charge in [-0.05, 0) is 5.92 Å². The molecule has 0 radical (unpaired) electrons. The highest BCUT2D eigenvalue weighted by molar-refractivity contribution is 5.91. The van der Waals surface area contributed by atoms with E-state index >= 15 is 0 Å². The number of likely N-dealkylation sites (tertiary alicyclic amines) is 1. The van der Waals surface area contributed by atoms with Gasteiger partial charge in [-0.3, -0.25) is 9.59 Å². The minimum Gasteiger partial charge on any atom is -0.391 e. The molecule has 1 aliphatic rings. The smallest absolute Gasteiger partial charge is 0.248 e. The number of hydrogen-bond donors (Lipinski definition) is 1. The topological polar surface area (TPSA) is 114 Å². The van der Waals surface area contributed by atoms with Crippen molar-refractivity contribution in [2.45, 2.75) is 51.8 Å². The molecule has 0 aliphatic carbocycles. The van der Waals surface area contributed by atoms with Crippen LogP contribution >= 0.6 is 0 Å². The lowest BCUT2D eigenvalue weighted by Gasteiger charge is -2.29. The highest BCUT2D eigenvalue weighted by Gasteiger charge is 2.41. The Kier molecular flexibility index (Phi) is 5.59. The molecule has 1 saturated heterocycles. The number of hydrogen-bond acceptors (Lipinski definition) is 7. The lowest BCUT2D eigenvalue weighted by Crippen LogP contribution is -2.45. The molecule has 9 heteroatoms. The van der Waals surface area contributed by atoms with E-state index in [9.17, 15) is 14.7 Å². The second-order valence-electron chi connectivity index (χ2n) is 7.12. The van der Waals surface area contributed by atoms with Crippen LogP contribution in [0.4, 0.5) is 0 Å². The van der Waals surface area contributed by atoms with E-state index in [1.54, 1.807) is 25.5 Å². The van der Waals surface area contributed by atoms with E-state index in [0.717, 1.165) is 0 Å². The average Bonchev–Trinajstić information content (AvgIpc) is 3.28. The predicted molar refractivity (Wildman–Crippen MR) is 96.3 cm³/mol. The van der Waals surface area contributed by atoms with E-state index in [1.165, 1.54) is 15.9 Å². The van der Waals surface area contributed by atoms with Gasteiger partial charge in [0.2, 0.25) is 5.91 Å². The SMILES string of the molecule is CCC(=O)C1CC(O)CN1C(=O)C(C(C)C)n1cc(-c2cncnc2)nn1. The minimum atomic E-state index is -0.685. The second-order valence-corrected chi connectivity index (χ2v) is 7.12. The fraction of sp³-hybridized carbons (Fsp3) is 0.556. The van der Waals surface area contributed by atoms with Gasteiger partial charge in [-0.25, -0.2) is 14.6 Å². The van der Waals surface area contributed by atoms with Crippen LogP contribution in [0, 0.1) is 5.92 Å². The largest absolute Gasteiger partial charge is 0.391 e. The quantitative estimate of drug-likeness (QED) is 0.800. The van der Waals surface area contributed by atoms with Gasteiger partial charge in [0.1, 0.15) is 18.1 Å². The summed E-state index contributed by atoms with van der Waals surface area (Å²) in [6.45, 7) is 5.76. The van der Waals surface area contributed by atoms with Gasteiger partial charge in [-0.2, -0.15) is 0 Å². The number of aliphatic hydroxyl groups is 1. The summed E-state index contributed by atoms with van der Waals surface area (Å²) in [6, 6.07) is -1.20. The normalized spacial score (nSPS) is 20.9. The molecular weight excluding hydrogens is 348 g/mol. The number of ketones is 1. The molecular formula is C18H24N6O3. The van der Waals surface area contributed by atoms with Crippen LogP contribution in [-0.4, -0.2) is 65.3 Å². The number of carbonyl (C=O) groups excluding carboxylic acids is 2. The molecule has 0 bridgehead atoms. The van der Waals surface area contributed by atoms with E-state index in [1.807, 2.05) is 13.8 Å². The number of amides is 1. The number of rotatable bonds is 6. The van der Waals surface area contributed by atoms with Crippen LogP contribution in [0.1, 0.15) is 39.7 Å². The van der Waals surface area contributed by atoms with Crippen molar-refractivity contribution in [3.05, 3.63) is 24.9 Å². The van der Waals surface area contributed by atoms with Crippen LogP contribution in [-0.2, 0) is 9.59 Å². The van der Waals surface area contributed by atoms with E-state index in [0.29, 0.717) is 17.7 Å². The van der Waals surface area contributed by atoms with Crippen molar-refractivity contribution in [2.24, 2.45) is 5.92 Å². The molecule has 0 saturated carbocycles. The van der Waals surface area contributed by atoms with E-state index < -0.39 is 18.2 Å². The Morgan fingerprint density at radius 3 is 2.63 bits per heavy atom. The van der Waals surface area contributed by atoms with Gasteiger partial charge in [0, 0.05) is 37.3 Å². The Hall–Kier alpha value is -2.68. The fourth-order valence-electron chi connectivity index (χ4n) is 3.45. The summed E-state index contributed by atoms with van der Waals surface area (Å²) >= 11 is 0. The lowest BCUT2D eigenvalue weighted by atomic mass is 10.0. The van der Waals surface area contributed by atoms with Crippen LogP contribution in [0.5, 0.6) is 0 Å². The van der Waals surface area contributed by atoms with E-state index in [2.05, 4.69) is 20.3 Å². The van der Waals surface area contributed by atoms with Crippen molar-refractivity contribution in [1.29, 1.82) is 0 Å². The third-order valence-electron chi connectivity index (χ3n) is 4.82. The second kappa shape index (κ2) is 7.91. The molecule has 9 nitrogen and oxygen atoms in total. The molecule has 1 amide bonds. The highest BCUT2D eigenvalue weighted by Crippen LogP contribution is 2.28. The van der Waals surface area contributed by atoms with Crippen molar-refractivity contribution in [3.8, 4) is 11.3 Å². The first-order valence-corrected chi connectivity index (χ1v) is 9.10. The molecule has 3 atom stereocenters. The molecule has 1 aliphatic heterocycles. The van der Waals surface area contributed by atoms with Crippen LogP contribution in [0.25, 0.3) is 11.3 Å². The first-order valence-electron chi connectivity index (χ1n) is 9.10. The standard InChI is InChI=1S/C18H24N6O3/c1-4-16(26)15-5-13(25)8-23(15)18(27)17(11(2)3)24-9-14(21-22-24)12-6-19-10-20-7-12/h6-7,9-11,13,15,17,25H,4-5,8H2,1-3H3. The molecule has 1 fully saturated rings. The Morgan fingerprint density at radius 1 is 1.30 bits per heavy atom. The average molecular weight is 372 g/mol. The number of β-amino-alcohol motifs (C(OH)–C–C–N with tert-alkyl or cyclic N) is 1. The maximum absolute atomic E-state index is 13.3. The van der Waals surface area contributed by atoms with Crippen LogP contribution < -0.4 is 0 Å². The van der Waals surface area contributed by atoms with Crippen molar-refractivity contribution in [2.75, 3.05) is 6.54 Å². The lowest BCUT2D eigenvalue weighted by molar-refractivity contribution is -0.141. The number of carbonyl (C=O) groups is 2. The first kappa shape index (κ1) is 19.1. The molecule has 0 spiro atoms. The van der Waals surface area contributed by atoms with Gasteiger partial charge in [-0.15, -0.1) is 5.10 Å². The summed E-state index contributed by atoms with van der Waals surface area (Å²) in [5.41, 5.74) is 1.27. The molecule has 3 rings (SSSR count). The minimum absolute atomic E-state index is 0.0388. The summed E-state index contributed by atoms with van der Waals surface area (Å²) < 4.78 is 1.52. The zero-order valence-electron chi connectivity index (χ0n) is 15.7. The molecule has 144 valence electrons. The van der Waals surface area contributed by atoms with Crippen molar-refractivity contribution in [1.82, 2.24) is 29.9 Å². The van der Waals surface area contributed by atoms with Crippen LogP contribution in [0.3, 0.4) is 0 Å². The van der Waals surface area contributed by atoms with Crippen molar-refractivity contribution in [3.63, 3.8) is 0 Å². The Bertz CT molecular complexity index is 806. The monoisotopic (exact) mass is 372 g/mol. The van der Waals surface area contributed by atoms with Gasteiger partial charge >= 0.3 is 0 Å². The number of nitrogens with zero attached hydrogens (tertiary/aromatic N) is 6. The Balaban J connectivity index is 1.88. The maximum Gasteiger partial charge on any atom is 0.248 e. The molecule has 3 unspecified atom stereocenters. The first-order chi connectivity index (χ1) is 12.9. The highest BCUT2D eigenvalue weighted by atomic mass is 16.3. The maximum atomic E-state index is 13.3. The summed E-state index contributed by atoms with van der Waals surface area (Å²) in [7, 11) is 0. The Labute approximate surface area is 157 Å². The molecule has 0 aromatic carbocycles. The molecule has 2 aromatic heterocycles. The van der Waals surface area contributed by atoms with Gasteiger partial charge in [0.25, 0.3) is 0 Å². The van der Waals surface area contributed by atoms with E-state index in [4.69, 9.17) is 0 Å². The summed E-state index contributed by atoms with van der Waals surface area (Å²) in [5.74, 6) is -0.341. The van der Waals surface area contributed by atoms with Crippen molar-refractivity contribution < 1.29 is 14.7 Å². The van der Waals surface area contributed by atoms with Gasteiger partial charge < -0.3 is 10.0 Å². The number of aromatic nitrogens is 5. The van der Waals surface area contributed by atoms with Gasteiger partial charge in [0.05, 0.1) is 18.3 Å². The number of Topliss-reactive ketones (excluding diaryl/α,β-unsaturated/α-hetero) is 1. The molecule has 27 heavy (non-hydrogen) atoms. The summed E-state index contributed by atoms with van der Waals surface area (Å²) in [4.78, 5) is 34.9. The fourth-order valence-corrected chi connectivity index (χ4v) is 3.45.